The summed E-state index contributed by atoms with van der Waals surface area (Å²) in [4.78, 5) is 12.3. The molecule has 3 aromatic rings. The molecule has 100 valence electrons. The molecule has 2 N–H and O–H groups in total. The smallest absolute Gasteiger partial charge is 0.228 e. The molecule has 1 heterocycles. The Hall–Kier alpha value is -2.62. The van der Waals surface area contributed by atoms with Crippen molar-refractivity contribution in [3.05, 3.63) is 65.2 Å². The minimum atomic E-state index is -0.477. The Kier molecular flexibility index (Phi) is 2.79. The second kappa shape index (κ2) is 4.49. The van der Waals surface area contributed by atoms with Crippen molar-refractivity contribution in [2.24, 2.45) is 0 Å². The van der Waals surface area contributed by atoms with Gasteiger partial charge in [-0.1, -0.05) is 12.1 Å². The first-order valence-corrected chi connectivity index (χ1v) is 6.15. The molecule has 0 aliphatic heterocycles. The van der Waals surface area contributed by atoms with Crippen LogP contribution in [0, 0.1) is 12.7 Å². The number of furan rings is 1. The fourth-order valence-electron chi connectivity index (χ4n) is 2.10. The topological polar surface area (TPSA) is 56.2 Å². The minimum Gasteiger partial charge on any atom is -0.449 e. The third kappa shape index (κ3) is 1.95. The first kappa shape index (κ1) is 12.4. The summed E-state index contributed by atoms with van der Waals surface area (Å²) in [6.45, 7) is 1.82. The molecule has 0 amide bonds. The van der Waals surface area contributed by atoms with Gasteiger partial charge in [0.05, 0.1) is 0 Å². The standard InChI is InChI=1S/C16H12FNO2/c1-9-7-10(5-6-13(9)18)15(19)14-8-11-3-2-4-12(17)16(11)20-14/h2-8H,18H2,1H3. The van der Waals surface area contributed by atoms with E-state index in [-0.39, 0.29) is 17.1 Å². The van der Waals surface area contributed by atoms with Crippen molar-refractivity contribution in [2.75, 3.05) is 5.73 Å². The molecule has 0 radical (unpaired) electrons. The largest absolute Gasteiger partial charge is 0.449 e. The highest BCUT2D eigenvalue weighted by Gasteiger charge is 2.16. The molecule has 0 saturated carbocycles. The van der Waals surface area contributed by atoms with Gasteiger partial charge in [0.25, 0.3) is 0 Å². The maximum Gasteiger partial charge on any atom is 0.228 e. The van der Waals surface area contributed by atoms with Gasteiger partial charge in [0.1, 0.15) is 0 Å². The quantitative estimate of drug-likeness (QED) is 0.570. The van der Waals surface area contributed by atoms with E-state index in [1.165, 1.54) is 6.07 Å². The van der Waals surface area contributed by atoms with E-state index in [4.69, 9.17) is 10.2 Å². The van der Waals surface area contributed by atoms with Crippen LogP contribution < -0.4 is 5.73 Å². The molecule has 3 rings (SSSR count). The van der Waals surface area contributed by atoms with Crippen molar-refractivity contribution in [2.45, 2.75) is 6.92 Å². The van der Waals surface area contributed by atoms with E-state index in [1.54, 1.807) is 36.4 Å². The first-order valence-electron chi connectivity index (χ1n) is 6.15. The zero-order chi connectivity index (χ0) is 14.3. The van der Waals surface area contributed by atoms with Crippen LogP contribution in [-0.2, 0) is 0 Å². The number of nitrogen functional groups attached to an aromatic ring is 1. The van der Waals surface area contributed by atoms with Crippen LogP contribution >= 0.6 is 0 Å². The number of carbonyl (C=O) groups excluding carboxylic acids is 1. The number of anilines is 1. The normalized spacial score (nSPS) is 10.9. The molecule has 4 heteroatoms. The van der Waals surface area contributed by atoms with Crippen molar-refractivity contribution in [1.82, 2.24) is 0 Å². The summed E-state index contributed by atoms with van der Waals surface area (Å²) in [6, 6.07) is 11.1. The molecule has 2 aromatic carbocycles. The van der Waals surface area contributed by atoms with Crippen LogP contribution in [0.4, 0.5) is 10.1 Å². The maximum absolute atomic E-state index is 13.6. The predicted octanol–water partition coefficient (Wildman–Crippen LogP) is 3.69. The Labute approximate surface area is 114 Å². The highest BCUT2D eigenvalue weighted by molar-refractivity contribution is 6.09. The molecule has 20 heavy (non-hydrogen) atoms. The van der Waals surface area contributed by atoms with Gasteiger partial charge >= 0.3 is 0 Å². The Morgan fingerprint density at radius 2 is 2.00 bits per heavy atom. The highest BCUT2D eigenvalue weighted by atomic mass is 19.1. The van der Waals surface area contributed by atoms with Crippen molar-refractivity contribution in [3.63, 3.8) is 0 Å². The fourth-order valence-corrected chi connectivity index (χ4v) is 2.10. The Bertz CT molecular complexity index is 820. The summed E-state index contributed by atoms with van der Waals surface area (Å²) < 4.78 is 18.9. The molecule has 0 aliphatic rings. The van der Waals surface area contributed by atoms with Gasteiger partial charge in [0.15, 0.2) is 17.2 Å². The SMILES string of the molecule is Cc1cc(C(=O)c2cc3cccc(F)c3o2)ccc1N. The summed E-state index contributed by atoms with van der Waals surface area (Å²) in [5.41, 5.74) is 7.73. The summed E-state index contributed by atoms with van der Waals surface area (Å²) in [6.07, 6.45) is 0. The fraction of sp³-hybridized carbons (Fsp3) is 0.0625. The van der Waals surface area contributed by atoms with Gasteiger partial charge in [0.2, 0.25) is 5.78 Å². The number of rotatable bonds is 2. The molecule has 0 atom stereocenters. The minimum absolute atomic E-state index is 0.100. The maximum atomic E-state index is 13.6. The summed E-state index contributed by atoms with van der Waals surface area (Å²) in [5, 5.41) is 0.570. The summed E-state index contributed by atoms with van der Waals surface area (Å²) in [7, 11) is 0. The molecule has 0 unspecified atom stereocenters. The third-order valence-electron chi connectivity index (χ3n) is 3.25. The third-order valence-corrected chi connectivity index (χ3v) is 3.25. The van der Waals surface area contributed by atoms with Gasteiger partial charge < -0.3 is 10.2 Å². The lowest BCUT2D eigenvalue weighted by atomic mass is 10.0. The van der Waals surface area contributed by atoms with Crippen molar-refractivity contribution in [1.29, 1.82) is 0 Å². The van der Waals surface area contributed by atoms with Crippen molar-refractivity contribution in [3.8, 4) is 0 Å². The van der Waals surface area contributed by atoms with Crippen LogP contribution in [0.1, 0.15) is 21.7 Å². The number of hydrogen-bond donors (Lipinski definition) is 1. The number of nitrogens with two attached hydrogens (primary N) is 1. The molecular weight excluding hydrogens is 257 g/mol. The number of ketones is 1. The number of benzene rings is 2. The lowest BCUT2D eigenvalue weighted by molar-refractivity contribution is 0.101. The van der Waals surface area contributed by atoms with E-state index in [1.807, 2.05) is 6.92 Å². The van der Waals surface area contributed by atoms with Gasteiger partial charge in [0, 0.05) is 16.6 Å². The van der Waals surface area contributed by atoms with E-state index < -0.39 is 5.82 Å². The van der Waals surface area contributed by atoms with Crippen LogP contribution in [0.25, 0.3) is 11.0 Å². The molecule has 0 aliphatic carbocycles. The van der Waals surface area contributed by atoms with E-state index in [0.29, 0.717) is 16.6 Å². The van der Waals surface area contributed by atoms with Gasteiger partial charge in [-0.05, 0) is 42.8 Å². The molecular formula is C16H12FNO2. The zero-order valence-electron chi connectivity index (χ0n) is 10.8. The van der Waals surface area contributed by atoms with E-state index in [2.05, 4.69) is 0 Å². The molecule has 0 bridgehead atoms. The van der Waals surface area contributed by atoms with Crippen LogP contribution in [-0.4, -0.2) is 5.78 Å². The summed E-state index contributed by atoms with van der Waals surface area (Å²) >= 11 is 0. The van der Waals surface area contributed by atoms with Crippen LogP contribution in [0.3, 0.4) is 0 Å². The van der Waals surface area contributed by atoms with E-state index >= 15 is 0 Å². The average molecular weight is 269 g/mol. The number of aryl methyl sites for hydroxylation is 1. The van der Waals surface area contributed by atoms with Gasteiger partial charge in [-0.3, -0.25) is 4.79 Å². The second-order valence-corrected chi connectivity index (χ2v) is 4.67. The van der Waals surface area contributed by atoms with Crippen LogP contribution in [0.15, 0.2) is 46.9 Å². The number of carbonyl (C=O) groups is 1. The highest BCUT2D eigenvalue weighted by Crippen LogP contribution is 2.24. The van der Waals surface area contributed by atoms with Crippen LogP contribution in [0.5, 0.6) is 0 Å². The lowest BCUT2D eigenvalue weighted by Crippen LogP contribution is -2.01. The Morgan fingerprint density at radius 3 is 2.70 bits per heavy atom. The molecule has 0 saturated heterocycles. The Balaban J connectivity index is 2.08. The Morgan fingerprint density at radius 1 is 1.20 bits per heavy atom. The monoisotopic (exact) mass is 269 g/mol. The molecule has 3 nitrogen and oxygen atoms in total. The number of halogens is 1. The van der Waals surface area contributed by atoms with Gasteiger partial charge in [-0.25, -0.2) is 4.39 Å². The first-order chi connectivity index (χ1) is 9.56. The average Bonchev–Trinajstić information content (AvgIpc) is 2.86. The van der Waals surface area contributed by atoms with Crippen molar-refractivity contribution >= 4 is 22.4 Å². The van der Waals surface area contributed by atoms with Crippen LogP contribution in [0.2, 0.25) is 0 Å². The number of hydrogen-bond acceptors (Lipinski definition) is 3. The number of fused-ring (bicyclic) bond motifs is 1. The lowest BCUT2D eigenvalue weighted by Gasteiger charge is -2.02. The molecule has 1 aromatic heterocycles. The second-order valence-electron chi connectivity index (χ2n) is 4.67. The molecule has 0 spiro atoms. The van der Waals surface area contributed by atoms with E-state index in [0.717, 1.165) is 5.56 Å². The van der Waals surface area contributed by atoms with E-state index in [9.17, 15) is 9.18 Å². The summed E-state index contributed by atoms with van der Waals surface area (Å²) in [5.74, 6) is -0.645. The molecule has 0 fully saturated rings. The number of para-hydroxylation sites is 1. The zero-order valence-corrected chi connectivity index (χ0v) is 10.8. The van der Waals surface area contributed by atoms with Crippen molar-refractivity contribution < 1.29 is 13.6 Å². The predicted molar refractivity (Wildman–Crippen MR) is 75.2 cm³/mol. The van der Waals surface area contributed by atoms with Gasteiger partial charge in [-0.2, -0.15) is 0 Å². The van der Waals surface area contributed by atoms with Gasteiger partial charge in [-0.15, -0.1) is 0 Å².